The predicted molar refractivity (Wildman–Crippen MR) is 106 cm³/mol. The molecule has 3 rings (SSSR count). The molecular weight excluding hydrogens is 342 g/mol. The molecule has 1 atom stereocenters. The van der Waals surface area contributed by atoms with Gasteiger partial charge < -0.3 is 19.7 Å². The first kappa shape index (κ1) is 19.8. The molecule has 1 aromatic rings. The standard InChI is InChI=1S/C21H33N3O3/c1-15-5-8-23(9-6-15)16(2)13-22-21(25)24-10-7-17-11-19(26-3)20(27-4)12-18(17)14-24/h11-12,15-16H,5-10,13-14H2,1-4H3,(H,22,25). The average molecular weight is 376 g/mol. The number of hydrogen-bond donors (Lipinski definition) is 1. The van der Waals surface area contributed by atoms with Gasteiger partial charge in [0.25, 0.3) is 0 Å². The van der Waals surface area contributed by atoms with E-state index >= 15 is 0 Å². The quantitative estimate of drug-likeness (QED) is 0.860. The molecule has 0 saturated carbocycles. The second-order valence-corrected chi connectivity index (χ2v) is 7.90. The molecule has 0 radical (unpaired) electrons. The minimum atomic E-state index is 0.0210. The van der Waals surface area contributed by atoms with Gasteiger partial charge in [-0.15, -0.1) is 0 Å². The summed E-state index contributed by atoms with van der Waals surface area (Å²) >= 11 is 0. The first-order valence-electron chi connectivity index (χ1n) is 10.0. The number of carbonyl (C=O) groups is 1. The van der Waals surface area contributed by atoms with Crippen molar-refractivity contribution in [1.29, 1.82) is 0 Å². The van der Waals surface area contributed by atoms with Crippen LogP contribution in [0, 0.1) is 5.92 Å². The maximum Gasteiger partial charge on any atom is 0.317 e. The number of urea groups is 1. The second-order valence-electron chi connectivity index (χ2n) is 7.90. The van der Waals surface area contributed by atoms with Crippen molar-refractivity contribution in [2.75, 3.05) is 40.4 Å². The van der Waals surface area contributed by atoms with Crippen molar-refractivity contribution < 1.29 is 14.3 Å². The van der Waals surface area contributed by atoms with Crippen molar-refractivity contribution in [2.24, 2.45) is 5.92 Å². The van der Waals surface area contributed by atoms with Gasteiger partial charge in [-0.05, 0) is 68.5 Å². The highest BCUT2D eigenvalue weighted by Crippen LogP contribution is 2.33. The number of nitrogens with one attached hydrogen (secondary N) is 1. The summed E-state index contributed by atoms with van der Waals surface area (Å²) in [5.41, 5.74) is 2.36. The fourth-order valence-corrected chi connectivity index (χ4v) is 4.00. The van der Waals surface area contributed by atoms with E-state index in [2.05, 4.69) is 24.1 Å². The van der Waals surface area contributed by atoms with Crippen LogP contribution in [0.15, 0.2) is 12.1 Å². The van der Waals surface area contributed by atoms with Gasteiger partial charge in [-0.1, -0.05) is 6.92 Å². The van der Waals surface area contributed by atoms with Gasteiger partial charge in [-0.2, -0.15) is 0 Å². The van der Waals surface area contributed by atoms with E-state index < -0.39 is 0 Å². The summed E-state index contributed by atoms with van der Waals surface area (Å²) < 4.78 is 10.8. The Morgan fingerprint density at radius 1 is 1.15 bits per heavy atom. The number of nitrogens with zero attached hydrogens (tertiary/aromatic N) is 2. The molecule has 2 aliphatic heterocycles. The van der Waals surface area contributed by atoms with Crippen LogP contribution in [0.3, 0.4) is 0 Å². The van der Waals surface area contributed by atoms with Gasteiger partial charge in [0.05, 0.1) is 14.2 Å². The molecule has 6 nitrogen and oxygen atoms in total. The van der Waals surface area contributed by atoms with E-state index in [0.29, 0.717) is 24.9 Å². The Morgan fingerprint density at radius 3 is 2.41 bits per heavy atom. The number of carbonyl (C=O) groups excluding carboxylic acids is 1. The van der Waals surface area contributed by atoms with E-state index in [1.54, 1.807) is 14.2 Å². The van der Waals surface area contributed by atoms with Gasteiger partial charge >= 0.3 is 6.03 Å². The first-order valence-corrected chi connectivity index (χ1v) is 10.0. The van der Waals surface area contributed by atoms with Gasteiger partial charge in [-0.25, -0.2) is 4.79 Å². The lowest BCUT2D eigenvalue weighted by Gasteiger charge is -2.35. The minimum absolute atomic E-state index is 0.0210. The fraction of sp³-hybridized carbons (Fsp3) is 0.667. The van der Waals surface area contributed by atoms with Crippen molar-refractivity contribution in [2.45, 2.75) is 45.7 Å². The average Bonchev–Trinajstić information content (AvgIpc) is 2.70. The summed E-state index contributed by atoms with van der Waals surface area (Å²) in [7, 11) is 3.29. The largest absolute Gasteiger partial charge is 0.493 e. The van der Waals surface area contributed by atoms with Crippen molar-refractivity contribution in [1.82, 2.24) is 15.1 Å². The lowest BCUT2D eigenvalue weighted by atomic mass is 9.98. The zero-order valence-electron chi connectivity index (χ0n) is 17.1. The molecule has 0 bridgehead atoms. The number of amides is 2. The zero-order valence-corrected chi connectivity index (χ0v) is 17.1. The van der Waals surface area contributed by atoms with Crippen LogP contribution in [0.1, 0.15) is 37.8 Å². The molecule has 6 heteroatoms. The maximum absolute atomic E-state index is 12.7. The Kier molecular flexibility index (Phi) is 6.47. The maximum atomic E-state index is 12.7. The van der Waals surface area contributed by atoms with Crippen molar-refractivity contribution in [3.05, 3.63) is 23.3 Å². The second kappa shape index (κ2) is 8.83. The summed E-state index contributed by atoms with van der Waals surface area (Å²) in [5.74, 6) is 2.29. The molecule has 1 fully saturated rings. The highest BCUT2D eigenvalue weighted by atomic mass is 16.5. The highest BCUT2D eigenvalue weighted by Gasteiger charge is 2.24. The number of hydrogen-bond acceptors (Lipinski definition) is 4. The Labute approximate surface area is 162 Å². The van der Waals surface area contributed by atoms with Gasteiger partial charge in [0.2, 0.25) is 0 Å². The lowest BCUT2D eigenvalue weighted by Crippen LogP contribution is -2.49. The zero-order chi connectivity index (χ0) is 19.4. The van der Waals surface area contributed by atoms with Crippen LogP contribution >= 0.6 is 0 Å². The number of fused-ring (bicyclic) bond motifs is 1. The summed E-state index contributed by atoms with van der Waals surface area (Å²) in [5, 5.41) is 3.13. The van der Waals surface area contributed by atoms with E-state index in [0.717, 1.165) is 43.3 Å². The smallest absolute Gasteiger partial charge is 0.317 e. The van der Waals surface area contributed by atoms with Crippen molar-refractivity contribution >= 4 is 6.03 Å². The number of ether oxygens (including phenoxy) is 2. The van der Waals surface area contributed by atoms with Crippen LogP contribution in [0.2, 0.25) is 0 Å². The molecule has 1 N–H and O–H groups in total. The molecule has 150 valence electrons. The Morgan fingerprint density at radius 2 is 1.78 bits per heavy atom. The van der Waals surface area contributed by atoms with Crippen LogP contribution in [-0.4, -0.2) is 62.3 Å². The number of rotatable bonds is 5. The van der Waals surface area contributed by atoms with Crippen LogP contribution in [-0.2, 0) is 13.0 Å². The molecule has 1 unspecified atom stereocenters. The van der Waals surface area contributed by atoms with Gasteiger partial charge in [0, 0.05) is 25.7 Å². The van der Waals surface area contributed by atoms with Gasteiger partial charge in [-0.3, -0.25) is 4.90 Å². The number of likely N-dealkylation sites (tertiary alicyclic amines) is 1. The van der Waals surface area contributed by atoms with Crippen LogP contribution < -0.4 is 14.8 Å². The summed E-state index contributed by atoms with van der Waals surface area (Å²) in [4.78, 5) is 17.0. The van der Waals surface area contributed by atoms with E-state index in [1.807, 2.05) is 17.0 Å². The lowest BCUT2D eigenvalue weighted by molar-refractivity contribution is 0.141. The summed E-state index contributed by atoms with van der Waals surface area (Å²) in [6.07, 6.45) is 3.35. The van der Waals surface area contributed by atoms with Crippen LogP contribution in [0.4, 0.5) is 4.79 Å². The fourth-order valence-electron chi connectivity index (χ4n) is 4.00. The molecule has 0 aromatic heterocycles. The van der Waals surface area contributed by atoms with Gasteiger partial charge in [0.1, 0.15) is 0 Å². The summed E-state index contributed by atoms with van der Waals surface area (Å²) in [6, 6.07) is 4.42. The van der Waals surface area contributed by atoms with Crippen LogP contribution in [0.5, 0.6) is 11.5 Å². The normalized spacial score (nSPS) is 19.3. The number of piperidine rings is 1. The van der Waals surface area contributed by atoms with E-state index in [4.69, 9.17) is 9.47 Å². The third-order valence-electron chi connectivity index (χ3n) is 6.00. The Hall–Kier alpha value is -1.95. The van der Waals surface area contributed by atoms with Gasteiger partial charge in [0.15, 0.2) is 11.5 Å². The SMILES string of the molecule is COc1cc2c(cc1OC)CN(C(=O)NCC(C)N1CCC(C)CC1)CC2. The molecule has 1 saturated heterocycles. The molecule has 2 amide bonds. The highest BCUT2D eigenvalue weighted by molar-refractivity contribution is 5.74. The summed E-state index contributed by atoms with van der Waals surface area (Å²) in [6.45, 7) is 8.83. The predicted octanol–water partition coefficient (Wildman–Crippen LogP) is 2.89. The Bertz CT molecular complexity index is 656. The molecular formula is C21H33N3O3. The molecule has 1 aromatic carbocycles. The van der Waals surface area contributed by atoms with E-state index in [-0.39, 0.29) is 6.03 Å². The minimum Gasteiger partial charge on any atom is -0.493 e. The number of methoxy groups -OCH3 is 2. The monoisotopic (exact) mass is 375 g/mol. The first-order chi connectivity index (χ1) is 13.0. The van der Waals surface area contributed by atoms with Crippen molar-refractivity contribution in [3.63, 3.8) is 0 Å². The van der Waals surface area contributed by atoms with Crippen molar-refractivity contribution in [3.8, 4) is 11.5 Å². The topological polar surface area (TPSA) is 54.0 Å². The van der Waals surface area contributed by atoms with E-state index in [9.17, 15) is 4.79 Å². The molecule has 0 spiro atoms. The third-order valence-corrected chi connectivity index (χ3v) is 6.00. The molecule has 2 heterocycles. The van der Waals surface area contributed by atoms with Crippen LogP contribution in [0.25, 0.3) is 0 Å². The Balaban J connectivity index is 1.54. The van der Waals surface area contributed by atoms with E-state index in [1.165, 1.54) is 18.4 Å². The molecule has 27 heavy (non-hydrogen) atoms. The third kappa shape index (κ3) is 4.67. The molecule has 0 aliphatic carbocycles. The number of benzene rings is 1. The molecule has 2 aliphatic rings.